The first-order valence-electron chi connectivity index (χ1n) is 6.72. The average molecular weight is 268 g/mol. The first-order valence-corrected chi connectivity index (χ1v) is 6.72. The van der Waals surface area contributed by atoms with Gasteiger partial charge in [0.1, 0.15) is 11.6 Å². The molecule has 0 saturated heterocycles. The number of ketones is 1. The lowest BCUT2D eigenvalue weighted by Crippen LogP contribution is -1.98. The van der Waals surface area contributed by atoms with Gasteiger partial charge in [0.15, 0.2) is 0 Å². The van der Waals surface area contributed by atoms with Crippen LogP contribution in [0.2, 0.25) is 0 Å². The Labute approximate surface area is 118 Å². The molecule has 0 atom stereocenters. The highest BCUT2D eigenvalue weighted by molar-refractivity contribution is 5.81. The topological polar surface area (TPSA) is 17.1 Å². The van der Waals surface area contributed by atoms with Crippen LogP contribution in [0.5, 0.6) is 0 Å². The second-order valence-corrected chi connectivity index (χ2v) is 4.69. The van der Waals surface area contributed by atoms with E-state index in [-0.39, 0.29) is 11.6 Å². The number of allylic oxidation sites excluding steroid dienone is 1. The van der Waals surface area contributed by atoms with Crippen molar-refractivity contribution in [3.63, 3.8) is 0 Å². The minimum atomic E-state index is -0.262. The van der Waals surface area contributed by atoms with Crippen LogP contribution in [-0.2, 0) is 11.2 Å². The van der Waals surface area contributed by atoms with E-state index in [9.17, 15) is 9.18 Å². The lowest BCUT2D eigenvalue weighted by molar-refractivity contribution is -0.118. The summed E-state index contributed by atoms with van der Waals surface area (Å²) in [6.45, 7) is 0. The van der Waals surface area contributed by atoms with Crippen LogP contribution in [0.1, 0.15) is 24.0 Å². The van der Waals surface area contributed by atoms with Crippen molar-refractivity contribution < 1.29 is 9.18 Å². The molecule has 1 nitrogen and oxygen atoms in total. The molecule has 2 aromatic rings. The Kier molecular flexibility index (Phi) is 5.24. The van der Waals surface area contributed by atoms with E-state index >= 15 is 0 Å². The lowest BCUT2D eigenvalue weighted by Gasteiger charge is -1.99. The first kappa shape index (κ1) is 14.2. The molecule has 0 radical (unpaired) electrons. The summed E-state index contributed by atoms with van der Waals surface area (Å²) in [5.74, 6) is -0.0657. The van der Waals surface area contributed by atoms with Crippen molar-refractivity contribution in [2.45, 2.75) is 19.3 Å². The Morgan fingerprint density at radius 1 is 1.05 bits per heavy atom. The highest BCUT2D eigenvalue weighted by atomic mass is 19.1. The van der Waals surface area contributed by atoms with Crippen molar-refractivity contribution in [1.82, 2.24) is 0 Å². The third-order valence-corrected chi connectivity index (χ3v) is 3.04. The molecule has 0 fully saturated rings. The van der Waals surface area contributed by atoms with E-state index in [1.807, 2.05) is 36.4 Å². The van der Waals surface area contributed by atoms with Crippen LogP contribution >= 0.6 is 0 Å². The molecule has 0 spiro atoms. The summed E-state index contributed by atoms with van der Waals surface area (Å²) < 4.78 is 13.0. The van der Waals surface area contributed by atoms with E-state index in [2.05, 4.69) is 0 Å². The standard InChI is InChI=1S/C18H17FO/c19-17-10-4-8-16(14-17)9-5-11-18(20)13-12-15-6-2-1-3-7-15/h1-10,14H,11-13H2/b9-5+. The maximum absolute atomic E-state index is 13.0. The van der Waals surface area contributed by atoms with Crippen LogP contribution in [-0.4, -0.2) is 5.78 Å². The SMILES string of the molecule is O=C(C/C=C/c1cccc(F)c1)CCc1ccccc1. The van der Waals surface area contributed by atoms with E-state index in [4.69, 9.17) is 0 Å². The Bertz CT molecular complexity index is 587. The smallest absolute Gasteiger partial charge is 0.136 e. The fourth-order valence-corrected chi connectivity index (χ4v) is 1.97. The van der Waals surface area contributed by atoms with Crippen molar-refractivity contribution in [1.29, 1.82) is 0 Å². The van der Waals surface area contributed by atoms with Crippen LogP contribution in [0, 0.1) is 5.82 Å². The van der Waals surface area contributed by atoms with Gasteiger partial charge in [-0.1, -0.05) is 54.6 Å². The van der Waals surface area contributed by atoms with Crippen molar-refractivity contribution >= 4 is 11.9 Å². The molecule has 0 saturated carbocycles. The highest BCUT2D eigenvalue weighted by Crippen LogP contribution is 2.08. The fourth-order valence-electron chi connectivity index (χ4n) is 1.97. The van der Waals surface area contributed by atoms with Gasteiger partial charge in [-0.3, -0.25) is 4.79 Å². The van der Waals surface area contributed by atoms with Gasteiger partial charge < -0.3 is 0 Å². The van der Waals surface area contributed by atoms with Gasteiger partial charge in [-0.25, -0.2) is 4.39 Å². The summed E-state index contributed by atoms with van der Waals surface area (Å²) in [5, 5.41) is 0. The lowest BCUT2D eigenvalue weighted by atomic mass is 10.1. The molecule has 0 aromatic heterocycles. The van der Waals surface area contributed by atoms with E-state index < -0.39 is 0 Å². The number of hydrogen-bond acceptors (Lipinski definition) is 1. The molecule has 0 aliphatic rings. The van der Waals surface area contributed by atoms with Crippen molar-refractivity contribution in [2.24, 2.45) is 0 Å². The molecular weight excluding hydrogens is 251 g/mol. The van der Waals surface area contributed by atoms with Crippen molar-refractivity contribution in [3.8, 4) is 0 Å². The summed E-state index contributed by atoms with van der Waals surface area (Å²) in [6, 6.07) is 16.3. The Balaban J connectivity index is 1.78. The normalized spacial score (nSPS) is 10.8. The summed E-state index contributed by atoms with van der Waals surface area (Å²) in [6.07, 6.45) is 5.28. The molecule has 20 heavy (non-hydrogen) atoms. The molecule has 2 heteroatoms. The van der Waals surface area contributed by atoms with Gasteiger partial charge in [0.25, 0.3) is 0 Å². The zero-order chi connectivity index (χ0) is 14.2. The summed E-state index contributed by atoms with van der Waals surface area (Å²) in [7, 11) is 0. The first-order chi connectivity index (χ1) is 9.74. The third-order valence-electron chi connectivity index (χ3n) is 3.04. The van der Waals surface area contributed by atoms with Crippen LogP contribution in [0.4, 0.5) is 4.39 Å². The number of Topliss-reactive ketones (excluding diaryl/α,β-unsaturated/α-hetero) is 1. The molecule has 0 heterocycles. The summed E-state index contributed by atoms with van der Waals surface area (Å²) in [4.78, 5) is 11.7. The highest BCUT2D eigenvalue weighted by Gasteiger charge is 2.00. The maximum atomic E-state index is 13.0. The van der Waals surface area contributed by atoms with Gasteiger partial charge >= 0.3 is 0 Å². The van der Waals surface area contributed by atoms with Crippen molar-refractivity contribution in [3.05, 3.63) is 77.6 Å². The molecule has 0 aliphatic carbocycles. The predicted molar refractivity (Wildman–Crippen MR) is 79.8 cm³/mol. The second-order valence-electron chi connectivity index (χ2n) is 4.69. The van der Waals surface area contributed by atoms with Crippen LogP contribution in [0.3, 0.4) is 0 Å². The summed E-state index contributed by atoms with van der Waals surface area (Å²) in [5.41, 5.74) is 1.95. The number of carbonyl (C=O) groups excluding carboxylic acids is 1. The molecule has 102 valence electrons. The summed E-state index contributed by atoms with van der Waals surface area (Å²) >= 11 is 0. The van der Waals surface area contributed by atoms with Crippen LogP contribution < -0.4 is 0 Å². The largest absolute Gasteiger partial charge is 0.299 e. The Morgan fingerprint density at radius 3 is 2.60 bits per heavy atom. The quantitative estimate of drug-likeness (QED) is 0.757. The van der Waals surface area contributed by atoms with E-state index in [0.29, 0.717) is 12.8 Å². The van der Waals surface area contributed by atoms with E-state index in [1.54, 1.807) is 18.2 Å². The molecule has 0 amide bonds. The van der Waals surface area contributed by atoms with Gasteiger partial charge in [-0.2, -0.15) is 0 Å². The Hall–Kier alpha value is -2.22. The van der Waals surface area contributed by atoms with Gasteiger partial charge in [-0.05, 0) is 29.7 Å². The molecular formula is C18H17FO. The van der Waals surface area contributed by atoms with Crippen LogP contribution in [0.15, 0.2) is 60.7 Å². The van der Waals surface area contributed by atoms with E-state index in [1.165, 1.54) is 17.7 Å². The minimum Gasteiger partial charge on any atom is -0.299 e. The van der Waals surface area contributed by atoms with Gasteiger partial charge in [0, 0.05) is 12.8 Å². The zero-order valence-corrected chi connectivity index (χ0v) is 11.3. The second kappa shape index (κ2) is 7.39. The predicted octanol–water partition coefficient (Wildman–Crippen LogP) is 4.43. The number of aryl methyl sites for hydroxylation is 1. The molecule has 0 aliphatic heterocycles. The van der Waals surface area contributed by atoms with Crippen LogP contribution in [0.25, 0.3) is 6.08 Å². The number of halogens is 1. The fraction of sp³-hybridized carbons (Fsp3) is 0.167. The number of carbonyl (C=O) groups is 1. The minimum absolute atomic E-state index is 0.196. The molecule has 0 unspecified atom stereocenters. The maximum Gasteiger partial charge on any atom is 0.136 e. The number of benzene rings is 2. The number of hydrogen-bond donors (Lipinski definition) is 0. The molecule has 0 bridgehead atoms. The molecule has 2 aromatic carbocycles. The number of rotatable bonds is 6. The third kappa shape index (κ3) is 4.81. The van der Waals surface area contributed by atoms with Gasteiger partial charge in [0.05, 0.1) is 0 Å². The Morgan fingerprint density at radius 2 is 1.85 bits per heavy atom. The molecule has 0 N–H and O–H groups in total. The molecule has 2 rings (SSSR count). The van der Waals surface area contributed by atoms with Gasteiger partial charge in [-0.15, -0.1) is 0 Å². The average Bonchev–Trinajstić information content (AvgIpc) is 2.46. The monoisotopic (exact) mass is 268 g/mol. The van der Waals surface area contributed by atoms with Crippen molar-refractivity contribution in [2.75, 3.05) is 0 Å². The van der Waals surface area contributed by atoms with Gasteiger partial charge in [0.2, 0.25) is 0 Å². The zero-order valence-electron chi connectivity index (χ0n) is 11.3. The van der Waals surface area contributed by atoms with E-state index in [0.717, 1.165) is 12.0 Å².